The molecule has 0 radical (unpaired) electrons. The van der Waals surface area contributed by atoms with E-state index in [2.05, 4.69) is 9.71 Å². The van der Waals surface area contributed by atoms with Crippen LogP contribution in [0, 0.1) is 0 Å². The van der Waals surface area contributed by atoms with Crippen molar-refractivity contribution in [1.82, 2.24) is 9.55 Å². The first kappa shape index (κ1) is 24.0. The fourth-order valence-corrected chi connectivity index (χ4v) is 4.49. The zero-order valence-corrected chi connectivity index (χ0v) is 19.5. The molecule has 0 aliphatic heterocycles. The number of sulfonamides is 1. The summed E-state index contributed by atoms with van der Waals surface area (Å²) in [5.41, 5.74) is 0.365. The Bertz CT molecular complexity index is 1550. The van der Waals surface area contributed by atoms with Crippen molar-refractivity contribution in [3.05, 3.63) is 80.6 Å². The highest BCUT2D eigenvalue weighted by molar-refractivity contribution is 7.92. The van der Waals surface area contributed by atoms with E-state index in [4.69, 9.17) is 4.74 Å². The lowest BCUT2D eigenvalue weighted by atomic mass is 10.1. The first-order valence-corrected chi connectivity index (χ1v) is 13.2. The van der Waals surface area contributed by atoms with Crippen LogP contribution in [-0.4, -0.2) is 46.0 Å². The molecule has 0 fully saturated rings. The van der Waals surface area contributed by atoms with Crippen molar-refractivity contribution in [3.63, 3.8) is 0 Å². The summed E-state index contributed by atoms with van der Waals surface area (Å²) in [4.78, 5) is 25.6. The maximum atomic E-state index is 12.4. The number of hydrogen-bond acceptors (Lipinski definition) is 7. The number of nitrogens with zero attached hydrogens (tertiary/aromatic N) is 1. The Labute approximate surface area is 190 Å². The van der Waals surface area contributed by atoms with E-state index in [1.165, 1.54) is 19.4 Å². The van der Waals surface area contributed by atoms with E-state index in [-0.39, 0.29) is 16.3 Å². The summed E-state index contributed by atoms with van der Waals surface area (Å²) in [6.07, 6.45) is 6.59. The predicted octanol–water partition coefficient (Wildman–Crippen LogP) is 1.48. The van der Waals surface area contributed by atoms with Crippen LogP contribution < -0.4 is 20.7 Å². The van der Waals surface area contributed by atoms with E-state index in [0.29, 0.717) is 16.8 Å². The monoisotopic (exact) mass is 491 g/mol. The molecule has 3 rings (SSSR count). The lowest BCUT2D eigenvalue weighted by Crippen LogP contribution is -2.27. The molecule has 0 atom stereocenters. The normalized spacial score (nSPS) is 12.1. The SMILES string of the molecule is COc1c(/C=C/c2ccc(NS(C)(=O)=O)cc2)cc(-n2ccc(=O)[nH]c2=O)cc1S(C)(=O)=O. The Balaban J connectivity index is 2.12. The first-order chi connectivity index (χ1) is 15.4. The summed E-state index contributed by atoms with van der Waals surface area (Å²) in [5, 5.41) is 0. The van der Waals surface area contributed by atoms with Crippen molar-refractivity contribution < 1.29 is 21.6 Å². The van der Waals surface area contributed by atoms with Crippen LogP contribution in [0.2, 0.25) is 0 Å². The van der Waals surface area contributed by atoms with Crippen LogP contribution in [0.4, 0.5) is 5.69 Å². The van der Waals surface area contributed by atoms with Crippen LogP contribution in [0.15, 0.2) is 63.1 Å². The van der Waals surface area contributed by atoms with Gasteiger partial charge in [-0.2, -0.15) is 0 Å². The molecule has 0 aliphatic carbocycles. The van der Waals surface area contributed by atoms with Gasteiger partial charge in [-0.3, -0.25) is 19.1 Å². The summed E-state index contributed by atoms with van der Waals surface area (Å²) in [7, 11) is -5.81. The molecule has 33 heavy (non-hydrogen) atoms. The highest BCUT2D eigenvalue weighted by atomic mass is 32.2. The number of anilines is 1. The minimum atomic E-state index is -3.74. The Morgan fingerprint density at radius 3 is 2.18 bits per heavy atom. The molecule has 0 bridgehead atoms. The zero-order chi connectivity index (χ0) is 24.4. The zero-order valence-electron chi connectivity index (χ0n) is 17.9. The molecule has 3 aromatic rings. The number of aromatic amines is 1. The van der Waals surface area contributed by atoms with Crippen LogP contribution in [-0.2, 0) is 19.9 Å². The van der Waals surface area contributed by atoms with E-state index >= 15 is 0 Å². The molecule has 0 saturated heterocycles. The molecule has 1 aromatic heterocycles. The van der Waals surface area contributed by atoms with Crippen LogP contribution in [0.5, 0.6) is 5.75 Å². The summed E-state index contributed by atoms with van der Waals surface area (Å²) in [6.45, 7) is 0. The van der Waals surface area contributed by atoms with Crippen LogP contribution in [0.3, 0.4) is 0 Å². The molecule has 2 aromatic carbocycles. The molecule has 12 heteroatoms. The summed E-state index contributed by atoms with van der Waals surface area (Å²) < 4.78 is 56.3. The standard InChI is InChI=1S/C21H21N3O7S2/c1-31-20-15(7-4-14-5-8-16(9-6-14)23-33(3,29)30)12-17(13-18(20)32(2,27)28)24-11-10-19(25)22-21(24)26/h4-13,23H,1-3H3,(H,22,25,26)/b7-4+. The number of aromatic nitrogens is 2. The van der Waals surface area contributed by atoms with E-state index in [0.717, 1.165) is 23.1 Å². The van der Waals surface area contributed by atoms with Gasteiger partial charge in [0.05, 0.1) is 19.1 Å². The average Bonchev–Trinajstić information content (AvgIpc) is 2.71. The van der Waals surface area contributed by atoms with Crippen LogP contribution in [0.25, 0.3) is 17.8 Å². The van der Waals surface area contributed by atoms with Crippen molar-refractivity contribution in [2.24, 2.45) is 0 Å². The third kappa shape index (κ3) is 5.99. The number of methoxy groups -OCH3 is 1. The highest BCUT2D eigenvalue weighted by Crippen LogP contribution is 2.32. The van der Waals surface area contributed by atoms with Gasteiger partial charge in [0.1, 0.15) is 10.6 Å². The number of nitrogens with one attached hydrogen (secondary N) is 2. The van der Waals surface area contributed by atoms with Gasteiger partial charge in [-0.1, -0.05) is 24.3 Å². The Hall–Kier alpha value is -3.64. The summed E-state index contributed by atoms with van der Waals surface area (Å²) in [6, 6.07) is 10.5. The van der Waals surface area contributed by atoms with Gasteiger partial charge >= 0.3 is 5.69 Å². The number of benzene rings is 2. The molecule has 0 aliphatic rings. The summed E-state index contributed by atoms with van der Waals surface area (Å²) >= 11 is 0. The number of rotatable bonds is 7. The van der Waals surface area contributed by atoms with Gasteiger partial charge in [-0.05, 0) is 29.8 Å². The van der Waals surface area contributed by atoms with E-state index < -0.39 is 31.1 Å². The van der Waals surface area contributed by atoms with Gasteiger partial charge in [-0.25, -0.2) is 21.6 Å². The molecule has 0 spiro atoms. The van der Waals surface area contributed by atoms with Gasteiger partial charge in [0.15, 0.2) is 9.84 Å². The van der Waals surface area contributed by atoms with Crippen molar-refractivity contribution in [3.8, 4) is 11.4 Å². The highest BCUT2D eigenvalue weighted by Gasteiger charge is 2.19. The van der Waals surface area contributed by atoms with Crippen molar-refractivity contribution in [1.29, 1.82) is 0 Å². The number of sulfone groups is 1. The maximum absolute atomic E-state index is 12.4. The fraction of sp³-hybridized carbons (Fsp3) is 0.143. The second-order valence-electron chi connectivity index (χ2n) is 7.15. The minimum Gasteiger partial charge on any atom is -0.495 e. The van der Waals surface area contributed by atoms with Gasteiger partial charge in [0.2, 0.25) is 10.0 Å². The fourth-order valence-electron chi connectivity index (χ4n) is 3.05. The second-order valence-corrected chi connectivity index (χ2v) is 10.9. The largest absolute Gasteiger partial charge is 0.495 e. The lowest BCUT2D eigenvalue weighted by Gasteiger charge is -2.14. The molecule has 0 saturated carbocycles. The predicted molar refractivity (Wildman–Crippen MR) is 126 cm³/mol. The lowest BCUT2D eigenvalue weighted by molar-refractivity contribution is 0.402. The Kier molecular flexibility index (Phi) is 6.60. The van der Waals surface area contributed by atoms with E-state index in [1.807, 2.05) is 0 Å². The van der Waals surface area contributed by atoms with E-state index in [9.17, 15) is 26.4 Å². The smallest absolute Gasteiger partial charge is 0.332 e. The molecular formula is C21H21N3O7S2. The molecule has 0 unspecified atom stereocenters. The number of hydrogen-bond donors (Lipinski definition) is 2. The third-order valence-corrected chi connectivity index (χ3v) is 6.15. The molecular weight excluding hydrogens is 470 g/mol. The first-order valence-electron chi connectivity index (χ1n) is 9.38. The maximum Gasteiger partial charge on any atom is 0.332 e. The Morgan fingerprint density at radius 1 is 0.970 bits per heavy atom. The van der Waals surface area contributed by atoms with Crippen molar-refractivity contribution >= 4 is 37.7 Å². The van der Waals surface area contributed by atoms with Crippen molar-refractivity contribution in [2.45, 2.75) is 4.90 Å². The second kappa shape index (κ2) is 9.08. The average molecular weight is 492 g/mol. The summed E-state index contributed by atoms with van der Waals surface area (Å²) in [5.74, 6) is 0.0883. The number of ether oxygens (including phenoxy) is 1. The van der Waals surface area contributed by atoms with Gasteiger partial charge in [-0.15, -0.1) is 0 Å². The van der Waals surface area contributed by atoms with E-state index in [1.54, 1.807) is 42.5 Å². The molecule has 1 heterocycles. The molecule has 2 N–H and O–H groups in total. The van der Waals surface area contributed by atoms with Crippen molar-refractivity contribution in [2.75, 3.05) is 24.3 Å². The third-order valence-electron chi connectivity index (χ3n) is 4.44. The molecule has 174 valence electrons. The molecule has 0 amide bonds. The quantitative estimate of drug-likeness (QED) is 0.476. The van der Waals surface area contributed by atoms with Gasteiger partial charge < -0.3 is 4.74 Å². The molecule has 10 nitrogen and oxygen atoms in total. The van der Waals surface area contributed by atoms with Crippen LogP contribution >= 0.6 is 0 Å². The Morgan fingerprint density at radius 2 is 1.64 bits per heavy atom. The van der Waals surface area contributed by atoms with Gasteiger partial charge in [0, 0.05) is 29.8 Å². The van der Waals surface area contributed by atoms with Gasteiger partial charge in [0.25, 0.3) is 5.56 Å². The van der Waals surface area contributed by atoms with Crippen LogP contribution in [0.1, 0.15) is 11.1 Å². The number of H-pyrrole nitrogens is 1. The minimum absolute atomic E-state index is 0.0883. The topological polar surface area (TPSA) is 144 Å².